The zero-order chi connectivity index (χ0) is 23.9. The molecule has 5 rings (SSSR count). The molecule has 34 heavy (non-hydrogen) atoms. The molecule has 2 atom stereocenters. The molecule has 0 spiro atoms. The van der Waals surface area contributed by atoms with Crippen LogP contribution in [0.25, 0.3) is 0 Å². The molecule has 2 aromatic carbocycles. The maximum atomic E-state index is 13.4. The second-order valence-electron chi connectivity index (χ2n) is 8.52. The molecule has 2 aromatic rings. The van der Waals surface area contributed by atoms with Crippen LogP contribution in [0.3, 0.4) is 0 Å². The Bertz CT molecular complexity index is 1170. The van der Waals surface area contributed by atoms with E-state index in [1.165, 1.54) is 6.92 Å². The van der Waals surface area contributed by atoms with Gasteiger partial charge < -0.3 is 29.6 Å². The summed E-state index contributed by atoms with van der Waals surface area (Å²) in [6.07, 6.45) is 0.754. The van der Waals surface area contributed by atoms with E-state index in [4.69, 9.17) is 18.9 Å². The lowest BCUT2D eigenvalue weighted by Crippen LogP contribution is -2.49. The number of urea groups is 1. The van der Waals surface area contributed by atoms with E-state index in [1.54, 1.807) is 37.3 Å². The summed E-state index contributed by atoms with van der Waals surface area (Å²) in [6.45, 7) is 4.56. The smallest absolute Gasteiger partial charge is 0.326 e. The third kappa shape index (κ3) is 3.74. The number of nitrogens with one attached hydrogen (secondary N) is 2. The lowest BCUT2D eigenvalue weighted by molar-refractivity contribution is -0.137. The van der Waals surface area contributed by atoms with E-state index in [1.807, 2.05) is 6.07 Å². The Morgan fingerprint density at radius 1 is 1.03 bits per heavy atom. The Labute approximate surface area is 196 Å². The monoisotopic (exact) mass is 467 g/mol. The van der Waals surface area contributed by atoms with Gasteiger partial charge in [-0.1, -0.05) is 12.1 Å². The van der Waals surface area contributed by atoms with Crippen molar-refractivity contribution in [3.63, 3.8) is 0 Å². The molecule has 178 valence electrons. The van der Waals surface area contributed by atoms with Gasteiger partial charge in [0.2, 0.25) is 12.7 Å². The van der Waals surface area contributed by atoms with Gasteiger partial charge in [-0.3, -0.25) is 9.59 Å². The first-order chi connectivity index (χ1) is 16.4. The minimum atomic E-state index is -1.34. The van der Waals surface area contributed by atoms with Crippen LogP contribution in [0.5, 0.6) is 23.0 Å². The molecular formula is C24H25N3O7. The first-order valence-corrected chi connectivity index (χ1v) is 11.1. The largest absolute Gasteiger partial charge is 0.490 e. The predicted octanol–water partition coefficient (Wildman–Crippen LogP) is 2.05. The number of hydrogen-bond donors (Lipinski definition) is 2. The summed E-state index contributed by atoms with van der Waals surface area (Å²) < 4.78 is 22.0. The number of ether oxygens (including phenoxy) is 4. The molecule has 0 radical (unpaired) electrons. The standard InChI is InChI=1S/C24H25N3O7/c1-14(21(28)25-12-15-4-6-18-19(10-15)34-13-33-18)27-22(29)24(2,26-23(27)30)16-5-7-17-20(11-16)32-9-3-8-31-17/h4-7,10-11,14H,3,8-9,12-13H2,1-2H3,(H,25,28)(H,26,30)/t14-,24-/m1/s1. The van der Waals surface area contributed by atoms with Gasteiger partial charge in [-0.25, -0.2) is 9.69 Å². The number of hydrogen-bond acceptors (Lipinski definition) is 7. The zero-order valence-electron chi connectivity index (χ0n) is 18.9. The Kier molecular flexibility index (Phi) is 5.43. The highest BCUT2D eigenvalue weighted by Gasteiger charge is 2.52. The third-order valence-electron chi connectivity index (χ3n) is 6.22. The molecule has 4 amide bonds. The molecule has 2 N–H and O–H groups in total. The molecule has 1 saturated heterocycles. The molecule has 0 aliphatic carbocycles. The predicted molar refractivity (Wildman–Crippen MR) is 119 cm³/mol. The van der Waals surface area contributed by atoms with E-state index in [2.05, 4.69) is 10.6 Å². The van der Waals surface area contributed by atoms with Crippen LogP contribution in [0.1, 0.15) is 31.4 Å². The number of carbonyl (C=O) groups is 3. The average Bonchev–Trinajstić information content (AvgIpc) is 3.29. The van der Waals surface area contributed by atoms with Gasteiger partial charge in [0, 0.05) is 13.0 Å². The van der Waals surface area contributed by atoms with E-state index in [-0.39, 0.29) is 13.3 Å². The molecular weight excluding hydrogens is 442 g/mol. The van der Waals surface area contributed by atoms with Gasteiger partial charge >= 0.3 is 6.03 Å². The summed E-state index contributed by atoms with van der Waals surface area (Å²) in [5.74, 6) is 1.40. The van der Waals surface area contributed by atoms with Crippen LogP contribution in [0, 0.1) is 0 Å². The SMILES string of the molecule is C[C@H](C(=O)NCc1ccc2c(c1)OCO2)N1C(=O)N[C@](C)(c2ccc3c(c2)OCCCO3)C1=O. The van der Waals surface area contributed by atoms with E-state index >= 15 is 0 Å². The zero-order valence-corrected chi connectivity index (χ0v) is 18.9. The fraction of sp³-hybridized carbons (Fsp3) is 0.375. The fourth-order valence-electron chi connectivity index (χ4n) is 4.19. The van der Waals surface area contributed by atoms with Crippen molar-refractivity contribution in [1.82, 2.24) is 15.5 Å². The van der Waals surface area contributed by atoms with Crippen molar-refractivity contribution in [3.05, 3.63) is 47.5 Å². The number of nitrogens with zero attached hydrogens (tertiary/aromatic N) is 1. The van der Waals surface area contributed by atoms with Crippen molar-refractivity contribution in [3.8, 4) is 23.0 Å². The lowest BCUT2D eigenvalue weighted by atomic mass is 9.91. The van der Waals surface area contributed by atoms with E-state index in [0.29, 0.717) is 41.8 Å². The van der Waals surface area contributed by atoms with E-state index in [0.717, 1.165) is 16.9 Å². The summed E-state index contributed by atoms with van der Waals surface area (Å²) in [4.78, 5) is 40.0. The average molecular weight is 467 g/mol. The van der Waals surface area contributed by atoms with Crippen molar-refractivity contribution in [2.24, 2.45) is 0 Å². The maximum absolute atomic E-state index is 13.4. The fourth-order valence-corrected chi connectivity index (χ4v) is 4.19. The van der Waals surface area contributed by atoms with Gasteiger partial charge in [0.05, 0.1) is 13.2 Å². The summed E-state index contributed by atoms with van der Waals surface area (Å²) in [5, 5.41) is 5.51. The number of imide groups is 1. The number of rotatable bonds is 5. The normalized spacial score (nSPS) is 21.6. The Morgan fingerprint density at radius 2 is 1.71 bits per heavy atom. The van der Waals surface area contributed by atoms with Gasteiger partial charge in [0.1, 0.15) is 11.6 Å². The van der Waals surface area contributed by atoms with Gasteiger partial charge in [-0.2, -0.15) is 0 Å². The number of amides is 4. The van der Waals surface area contributed by atoms with Crippen molar-refractivity contribution in [2.45, 2.75) is 38.4 Å². The molecule has 0 bridgehead atoms. The second kappa shape index (κ2) is 8.44. The molecule has 3 aliphatic rings. The molecule has 1 fully saturated rings. The maximum Gasteiger partial charge on any atom is 0.326 e. The van der Waals surface area contributed by atoms with Crippen LogP contribution >= 0.6 is 0 Å². The minimum Gasteiger partial charge on any atom is -0.490 e. The third-order valence-corrected chi connectivity index (χ3v) is 6.22. The van der Waals surface area contributed by atoms with Gasteiger partial charge in [0.15, 0.2) is 23.0 Å². The summed E-state index contributed by atoms with van der Waals surface area (Å²) in [5.41, 5.74) is 0.0118. The summed E-state index contributed by atoms with van der Waals surface area (Å²) >= 11 is 0. The second-order valence-corrected chi connectivity index (χ2v) is 8.52. The van der Waals surface area contributed by atoms with Gasteiger partial charge in [0.25, 0.3) is 5.91 Å². The van der Waals surface area contributed by atoms with Crippen LogP contribution in [-0.2, 0) is 21.7 Å². The molecule has 3 heterocycles. The highest BCUT2D eigenvalue weighted by atomic mass is 16.7. The molecule has 0 saturated carbocycles. The van der Waals surface area contributed by atoms with E-state index in [9.17, 15) is 14.4 Å². The molecule has 0 unspecified atom stereocenters. The molecule has 0 aromatic heterocycles. The van der Waals surface area contributed by atoms with Crippen LogP contribution < -0.4 is 29.6 Å². The van der Waals surface area contributed by atoms with Crippen molar-refractivity contribution >= 4 is 17.8 Å². The molecule has 10 nitrogen and oxygen atoms in total. The Morgan fingerprint density at radius 3 is 2.53 bits per heavy atom. The Balaban J connectivity index is 1.29. The quantitative estimate of drug-likeness (QED) is 0.647. The van der Waals surface area contributed by atoms with Crippen molar-refractivity contribution in [2.75, 3.05) is 20.0 Å². The Hall–Kier alpha value is -3.95. The first-order valence-electron chi connectivity index (χ1n) is 11.1. The highest BCUT2D eigenvalue weighted by molar-refractivity contribution is 6.10. The number of fused-ring (bicyclic) bond motifs is 2. The molecule has 3 aliphatic heterocycles. The minimum absolute atomic E-state index is 0.163. The lowest BCUT2D eigenvalue weighted by Gasteiger charge is -2.25. The van der Waals surface area contributed by atoms with Gasteiger partial charge in [-0.05, 0) is 49.2 Å². The van der Waals surface area contributed by atoms with Gasteiger partial charge in [-0.15, -0.1) is 0 Å². The van der Waals surface area contributed by atoms with Crippen molar-refractivity contribution in [1.29, 1.82) is 0 Å². The van der Waals surface area contributed by atoms with E-state index < -0.39 is 29.4 Å². The summed E-state index contributed by atoms with van der Waals surface area (Å²) in [7, 11) is 0. The first kappa shape index (κ1) is 21.9. The topological polar surface area (TPSA) is 115 Å². The number of carbonyl (C=O) groups excluding carboxylic acids is 3. The van der Waals surface area contributed by atoms with Crippen LogP contribution in [0.4, 0.5) is 4.79 Å². The van der Waals surface area contributed by atoms with Crippen LogP contribution in [0.15, 0.2) is 36.4 Å². The highest BCUT2D eigenvalue weighted by Crippen LogP contribution is 2.37. The van der Waals surface area contributed by atoms with Crippen LogP contribution in [-0.4, -0.2) is 48.8 Å². The van der Waals surface area contributed by atoms with Crippen LogP contribution in [0.2, 0.25) is 0 Å². The molecule has 10 heteroatoms. The summed E-state index contributed by atoms with van der Waals surface area (Å²) in [6, 6.07) is 8.87. The van der Waals surface area contributed by atoms with Crippen molar-refractivity contribution < 1.29 is 33.3 Å². The number of benzene rings is 2.